The number of rotatable bonds is 7. The van der Waals surface area contributed by atoms with E-state index < -0.39 is 10.0 Å². The number of nitrogens with zero attached hydrogens (tertiary/aromatic N) is 3. The van der Waals surface area contributed by atoms with Crippen LogP contribution in [0.5, 0.6) is 0 Å². The first-order valence-electron chi connectivity index (χ1n) is 6.19. The van der Waals surface area contributed by atoms with Crippen LogP contribution in [-0.2, 0) is 16.6 Å². The van der Waals surface area contributed by atoms with Crippen molar-refractivity contribution in [1.29, 1.82) is 0 Å². The summed E-state index contributed by atoms with van der Waals surface area (Å²) < 4.78 is 28.3. The van der Waals surface area contributed by atoms with Gasteiger partial charge in [0.2, 0.25) is 0 Å². The van der Waals surface area contributed by atoms with Gasteiger partial charge in [0.25, 0.3) is 10.0 Å². The smallest absolute Gasteiger partial charge is 0.266 e. The van der Waals surface area contributed by atoms with Gasteiger partial charge >= 0.3 is 0 Å². The number of aryl methyl sites for hydroxylation is 1. The first kappa shape index (κ1) is 14.9. The molecule has 0 saturated carbocycles. The van der Waals surface area contributed by atoms with Crippen LogP contribution < -0.4 is 10.0 Å². The highest BCUT2D eigenvalue weighted by molar-refractivity contribution is 7.93. The Labute approximate surface area is 122 Å². The number of thiazole rings is 1. The highest BCUT2D eigenvalue weighted by Crippen LogP contribution is 2.19. The van der Waals surface area contributed by atoms with E-state index in [2.05, 4.69) is 20.1 Å². The van der Waals surface area contributed by atoms with Gasteiger partial charge in [-0.25, -0.2) is 13.4 Å². The third kappa shape index (κ3) is 3.78. The zero-order valence-corrected chi connectivity index (χ0v) is 13.0. The Kier molecular flexibility index (Phi) is 4.73. The maximum Gasteiger partial charge on any atom is 0.266 e. The first-order valence-corrected chi connectivity index (χ1v) is 8.55. The zero-order chi connectivity index (χ0) is 14.6. The molecule has 0 aliphatic rings. The zero-order valence-electron chi connectivity index (χ0n) is 11.3. The molecule has 7 nitrogen and oxygen atoms in total. The first-order chi connectivity index (χ1) is 9.51. The lowest BCUT2D eigenvalue weighted by Gasteiger charge is -2.02. The van der Waals surface area contributed by atoms with Crippen molar-refractivity contribution in [2.24, 2.45) is 0 Å². The van der Waals surface area contributed by atoms with Crippen molar-refractivity contribution in [2.75, 3.05) is 17.8 Å². The number of anilines is 1. The van der Waals surface area contributed by atoms with Crippen LogP contribution in [0.1, 0.15) is 12.6 Å². The highest BCUT2D eigenvalue weighted by Gasteiger charge is 2.18. The van der Waals surface area contributed by atoms with E-state index in [9.17, 15) is 8.42 Å². The molecule has 2 aromatic heterocycles. The Morgan fingerprint density at radius 3 is 2.90 bits per heavy atom. The average molecular weight is 315 g/mol. The van der Waals surface area contributed by atoms with Crippen LogP contribution in [0.15, 0.2) is 22.7 Å². The maximum absolute atomic E-state index is 12.1. The highest BCUT2D eigenvalue weighted by atomic mass is 32.2. The van der Waals surface area contributed by atoms with Crippen molar-refractivity contribution < 1.29 is 8.42 Å². The Morgan fingerprint density at radius 2 is 2.25 bits per heavy atom. The summed E-state index contributed by atoms with van der Waals surface area (Å²) in [5.41, 5.74) is 0.786. The van der Waals surface area contributed by atoms with E-state index in [-0.39, 0.29) is 4.90 Å². The van der Waals surface area contributed by atoms with E-state index in [0.29, 0.717) is 11.7 Å². The second-order valence-electron chi connectivity index (χ2n) is 4.19. The van der Waals surface area contributed by atoms with Gasteiger partial charge in [-0.2, -0.15) is 5.10 Å². The average Bonchev–Trinajstić information content (AvgIpc) is 2.99. The Hall–Kier alpha value is -1.45. The van der Waals surface area contributed by atoms with Crippen LogP contribution in [0.4, 0.5) is 5.13 Å². The van der Waals surface area contributed by atoms with Crippen molar-refractivity contribution in [3.63, 3.8) is 0 Å². The maximum atomic E-state index is 12.1. The molecule has 0 fully saturated rings. The molecule has 0 aliphatic carbocycles. The van der Waals surface area contributed by atoms with Crippen LogP contribution in [0, 0.1) is 6.92 Å². The van der Waals surface area contributed by atoms with Crippen LogP contribution in [0.3, 0.4) is 0 Å². The van der Waals surface area contributed by atoms with Crippen molar-refractivity contribution in [2.45, 2.75) is 25.3 Å². The molecule has 0 aliphatic heterocycles. The second-order valence-corrected chi connectivity index (χ2v) is 6.73. The van der Waals surface area contributed by atoms with Gasteiger partial charge in [-0.3, -0.25) is 9.40 Å². The molecule has 0 aromatic carbocycles. The molecular weight excluding hydrogens is 298 g/mol. The third-order valence-corrected chi connectivity index (χ3v) is 4.83. The van der Waals surface area contributed by atoms with Crippen molar-refractivity contribution in [1.82, 2.24) is 20.1 Å². The summed E-state index contributed by atoms with van der Waals surface area (Å²) in [6.07, 6.45) is 2.86. The quantitative estimate of drug-likeness (QED) is 0.746. The van der Waals surface area contributed by atoms with Crippen LogP contribution >= 0.6 is 11.3 Å². The fourth-order valence-corrected chi connectivity index (χ4v) is 3.44. The van der Waals surface area contributed by atoms with E-state index in [1.54, 1.807) is 10.1 Å². The predicted octanol–water partition coefficient (Wildman–Crippen LogP) is 1.06. The Balaban J connectivity index is 2.06. The van der Waals surface area contributed by atoms with Crippen LogP contribution in [-0.4, -0.2) is 36.3 Å². The molecular formula is C11H17N5O2S2. The minimum absolute atomic E-state index is 0.141. The largest absolute Gasteiger partial charge is 0.315 e. The molecule has 2 N–H and O–H groups in total. The van der Waals surface area contributed by atoms with Crippen molar-refractivity contribution in [3.8, 4) is 0 Å². The van der Waals surface area contributed by atoms with Gasteiger partial charge < -0.3 is 5.32 Å². The summed E-state index contributed by atoms with van der Waals surface area (Å²) in [5.74, 6) is 0. The van der Waals surface area contributed by atoms with Crippen molar-refractivity contribution in [3.05, 3.63) is 23.5 Å². The molecule has 0 amide bonds. The monoisotopic (exact) mass is 315 g/mol. The Morgan fingerprint density at radius 1 is 1.45 bits per heavy atom. The number of hydrogen-bond acceptors (Lipinski definition) is 6. The van der Waals surface area contributed by atoms with Crippen molar-refractivity contribution >= 4 is 26.5 Å². The van der Waals surface area contributed by atoms with Gasteiger partial charge in [-0.1, -0.05) is 6.92 Å². The summed E-state index contributed by atoms with van der Waals surface area (Å²) in [5, 5.41) is 9.35. The molecule has 0 saturated heterocycles. The predicted molar refractivity (Wildman–Crippen MR) is 78.4 cm³/mol. The van der Waals surface area contributed by atoms with E-state index in [0.717, 1.165) is 18.8 Å². The molecule has 0 unspecified atom stereocenters. The standard InChI is InChI=1S/C11H17N5O2S2/c1-3-12-4-5-16-7-10(6-13-16)20(17,18)15-11-14-9(2)8-19-11/h6-8,12H,3-5H2,1-2H3,(H,14,15). The Bertz CT molecular complexity index is 662. The molecule has 0 spiro atoms. The SMILES string of the molecule is CCNCCn1cc(S(=O)(=O)Nc2nc(C)cs2)cn1. The summed E-state index contributed by atoms with van der Waals surface area (Å²) in [7, 11) is -3.62. The molecule has 110 valence electrons. The van der Waals surface area contributed by atoms with Crippen LogP contribution in [0.2, 0.25) is 0 Å². The van der Waals surface area contributed by atoms with E-state index in [1.165, 1.54) is 23.7 Å². The topological polar surface area (TPSA) is 88.9 Å². The lowest BCUT2D eigenvalue weighted by atomic mass is 10.6. The molecule has 0 bridgehead atoms. The van der Waals surface area contributed by atoms with Gasteiger partial charge in [0, 0.05) is 18.1 Å². The van der Waals surface area contributed by atoms with Gasteiger partial charge in [0.1, 0.15) is 4.90 Å². The minimum atomic E-state index is -3.62. The normalized spacial score (nSPS) is 11.7. The van der Waals surface area contributed by atoms with E-state index >= 15 is 0 Å². The van der Waals surface area contributed by atoms with Gasteiger partial charge in [0.15, 0.2) is 5.13 Å². The molecule has 0 atom stereocenters. The van der Waals surface area contributed by atoms with Gasteiger partial charge in [-0.15, -0.1) is 11.3 Å². The second kappa shape index (κ2) is 6.33. The number of likely N-dealkylation sites (N-methyl/N-ethyl adjacent to an activating group) is 1. The lowest BCUT2D eigenvalue weighted by molar-refractivity contribution is 0.564. The minimum Gasteiger partial charge on any atom is -0.315 e. The fourth-order valence-electron chi connectivity index (χ4n) is 1.55. The van der Waals surface area contributed by atoms with E-state index in [4.69, 9.17) is 0 Å². The molecule has 2 rings (SSSR count). The number of aromatic nitrogens is 3. The summed E-state index contributed by atoms with van der Waals surface area (Å²) in [6.45, 7) is 6.07. The number of sulfonamides is 1. The van der Waals surface area contributed by atoms with E-state index in [1.807, 2.05) is 13.8 Å². The fraction of sp³-hybridized carbons (Fsp3) is 0.455. The summed E-state index contributed by atoms with van der Waals surface area (Å²) in [6, 6.07) is 0. The summed E-state index contributed by atoms with van der Waals surface area (Å²) >= 11 is 1.26. The molecule has 2 aromatic rings. The lowest BCUT2D eigenvalue weighted by Crippen LogP contribution is -2.19. The molecule has 0 radical (unpaired) electrons. The summed E-state index contributed by atoms with van der Waals surface area (Å²) in [4.78, 5) is 4.22. The van der Waals surface area contributed by atoms with Gasteiger partial charge in [-0.05, 0) is 13.5 Å². The number of hydrogen-bond donors (Lipinski definition) is 2. The van der Waals surface area contributed by atoms with Gasteiger partial charge in [0.05, 0.1) is 18.4 Å². The molecule has 2 heterocycles. The third-order valence-electron chi connectivity index (χ3n) is 2.53. The van der Waals surface area contributed by atoms with Crippen LogP contribution in [0.25, 0.3) is 0 Å². The molecule has 9 heteroatoms. The molecule has 20 heavy (non-hydrogen) atoms. The number of nitrogens with one attached hydrogen (secondary N) is 2.